The van der Waals surface area contributed by atoms with Gasteiger partial charge in [-0.2, -0.15) is 31.1 Å². The first-order valence-electron chi connectivity index (χ1n) is 35.0. The molecule has 0 unspecified atom stereocenters. The van der Waals surface area contributed by atoms with Crippen molar-refractivity contribution in [2.45, 2.75) is 33.3 Å². The van der Waals surface area contributed by atoms with Crippen molar-refractivity contribution in [2.75, 3.05) is 54.6 Å². The van der Waals surface area contributed by atoms with E-state index >= 15 is 0 Å². The first-order valence-corrected chi connectivity index (χ1v) is 36.8. The summed E-state index contributed by atoms with van der Waals surface area (Å²) in [6, 6.07) is 57.4. The minimum absolute atomic E-state index is 0.373. The number of aromatic nitrogens is 11. The van der Waals surface area contributed by atoms with Crippen LogP contribution < -0.4 is 28.4 Å². The number of nitriles is 3. The van der Waals surface area contributed by atoms with Crippen molar-refractivity contribution >= 4 is 88.1 Å². The van der Waals surface area contributed by atoms with Crippen LogP contribution in [0.1, 0.15) is 43.3 Å². The number of rotatable bonds is 18. The van der Waals surface area contributed by atoms with Crippen molar-refractivity contribution in [3.05, 3.63) is 237 Å². The zero-order valence-electron chi connectivity index (χ0n) is 61.1. The van der Waals surface area contributed by atoms with E-state index in [1.807, 2.05) is 158 Å². The normalized spacial score (nSPS) is 12.3. The molecule has 0 N–H and O–H groups in total. The van der Waals surface area contributed by atoms with Crippen molar-refractivity contribution in [2.24, 2.45) is 21.1 Å². The summed E-state index contributed by atoms with van der Waals surface area (Å²) in [5.41, 5.74) is 19.5. The van der Waals surface area contributed by atoms with E-state index < -0.39 is 0 Å². The average molecular weight is 1480 g/mol. The Morgan fingerprint density at radius 3 is 1.24 bits per heavy atom. The van der Waals surface area contributed by atoms with Crippen LogP contribution in [0.4, 0.5) is 0 Å². The van der Waals surface area contributed by atoms with Gasteiger partial charge in [0.15, 0.2) is 34.5 Å². The Balaban J connectivity index is 0.000000131. The fraction of sp³-hybridized carbons (Fsp3) is 0.188. The molecule has 17 rings (SSSR count). The number of aryl methyl sites for hydroxylation is 4. The molecular weight excluding hydrogens is 1410 g/mol. The number of thiazole rings is 2. The minimum atomic E-state index is 0.373. The number of methoxy groups -OCH3 is 3. The number of hydrogen-bond acceptors (Lipinski definition) is 21. The van der Waals surface area contributed by atoms with Crippen LogP contribution >= 0.6 is 22.7 Å². The molecule has 1 aliphatic rings. The molecule has 109 heavy (non-hydrogen) atoms. The SMILES string of the molecule is COc1cc2ncc3c(c(-c4ccc(C#N)cc4)nn3C)c2cc1OCc1cccc(-c2csc(C)n2)c1.COc1cc2ncc3c(c(-c4ccc(C#N)cc4)nn3C)c2cc1OCc1cccc(CN2CCN(C)CC2)c1.COc1cc2ncc3c(c(-c4ccc(C#N)cc4)nn3C)c2cc1OCc1cncs1. The van der Waals surface area contributed by atoms with E-state index in [0.717, 1.165) is 164 Å². The van der Waals surface area contributed by atoms with Gasteiger partial charge in [0.2, 0.25) is 0 Å². The van der Waals surface area contributed by atoms with Crippen LogP contribution in [-0.4, -0.2) is 119 Å². The smallest absolute Gasteiger partial charge is 0.162 e. The molecule has 1 aliphatic heterocycles. The third-order valence-electron chi connectivity index (χ3n) is 19.2. The average Bonchev–Trinajstić information content (AvgIpc) is 1.67. The largest absolute Gasteiger partial charge is 0.493 e. The summed E-state index contributed by atoms with van der Waals surface area (Å²) in [6.45, 7) is 8.56. The van der Waals surface area contributed by atoms with Crippen molar-refractivity contribution < 1.29 is 28.4 Å². The van der Waals surface area contributed by atoms with Gasteiger partial charge in [-0.3, -0.25) is 38.9 Å². The van der Waals surface area contributed by atoms with Gasteiger partial charge in [0.05, 0.1) is 129 Å². The number of likely N-dealkylation sites (N-methyl/N-ethyl adjacent to an activating group) is 1. The maximum atomic E-state index is 9.22. The van der Waals surface area contributed by atoms with Crippen LogP contribution in [0.2, 0.25) is 0 Å². The molecule has 0 aliphatic carbocycles. The highest BCUT2D eigenvalue weighted by Crippen LogP contribution is 2.43. The molecule has 0 spiro atoms. The van der Waals surface area contributed by atoms with E-state index in [1.165, 1.54) is 5.56 Å². The van der Waals surface area contributed by atoms with Gasteiger partial charge in [-0.15, -0.1) is 22.7 Å². The Kier molecular flexibility index (Phi) is 20.7. The van der Waals surface area contributed by atoms with E-state index in [-0.39, 0.29) is 0 Å². The highest BCUT2D eigenvalue weighted by Gasteiger charge is 2.23. The molecule has 24 heteroatoms. The number of ether oxygens (including phenoxy) is 6. The summed E-state index contributed by atoms with van der Waals surface area (Å²) in [5, 5.41) is 50.7. The van der Waals surface area contributed by atoms with Gasteiger partial charge in [-0.05, 0) is 91.3 Å². The number of piperazine rings is 1. The zero-order valence-corrected chi connectivity index (χ0v) is 62.7. The Bertz CT molecular complexity index is 6190. The molecule has 22 nitrogen and oxygen atoms in total. The predicted molar refractivity (Wildman–Crippen MR) is 425 cm³/mol. The molecule has 0 saturated carbocycles. The first kappa shape index (κ1) is 71.5. The van der Waals surface area contributed by atoms with Gasteiger partial charge in [0.1, 0.15) is 36.9 Å². The van der Waals surface area contributed by atoms with Crippen molar-refractivity contribution in [1.82, 2.24) is 64.1 Å². The van der Waals surface area contributed by atoms with Gasteiger partial charge in [0.25, 0.3) is 0 Å². The van der Waals surface area contributed by atoms with Crippen molar-refractivity contribution in [1.29, 1.82) is 15.8 Å². The lowest BCUT2D eigenvalue weighted by atomic mass is 10.0. The number of fused-ring (bicyclic) bond motifs is 9. The summed E-state index contributed by atoms with van der Waals surface area (Å²) in [6.07, 6.45) is 7.27. The molecule has 0 atom stereocenters. The fourth-order valence-corrected chi connectivity index (χ4v) is 14.7. The van der Waals surface area contributed by atoms with Crippen LogP contribution in [0.25, 0.3) is 110 Å². The van der Waals surface area contributed by atoms with Gasteiger partial charge >= 0.3 is 0 Å². The number of pyridine rings is 3. The maximum absolute atomic E-state index is 9.22. The topological polar surface area (TPSA) is 251 Å². The van der Waals surface area contributed by atoms with Gasteiger partial charge < -0.3 is 33.3 Å². The Morgan fingerprint density at radius 1 is 0.431 bits per heavy atom. The Hall–Kier alpha value is -13.2. The molecule has 9 heterocycles. The Labute approximate surface area is 636 Å². The van der Waals surface area contributed by atoms with Gasteiger partial charge in [-0.1, -0.05) is 78.9 Å². The van der Waals surface area contributed by atoms with E-state index in [2.05, 4.69) is 96.8 Å². The third kappa shape index (κ3) is 15.1. The summed E-state index contributed by atoms with van der Waals surface area (Å²) in [7, 11) is 12.8. The molecule has 0 bridgehead atoms. The van der Waals surface area contributed by atoms with Gasteiger partial charge in [0, 0.05) is 138 Å². The van der Waals surface area contributed by atoms with Crippen molar-refractivity contribution in [3.8, 4) is 97.7 Å². The van der Waals surface area contributed by atoms with Crippen LogP contribution in [-0.2, 0) is 47.5 Å². The minimum Gasteiger partial charge on any atom is -0.493 e. The van der Waals surface area contributed by atoms with E-state index in [0.29, 0.717) is 71.0 Å². The van der Waals surface area contributed by atoms with Crippen LogP contribution in [0.15, 0.2) is 193 Å². The number of benzene rings is 8. The van der Waals surface area contributed by atoms with Crippen LogP contribution in [0.3, 0.4) is 0 Å². The number of hydrogen-bond donors (Lipinski definition) is 0. The van der Waals surface area contributed by atoms with Gasteiger partial charge in [-0.25, -0.2) is 4.98 Å². The second-order valence-electron chi connectivity index (χ2n) is 26.3. The van der Waals surface area contributed by atoms with Crippen LogP contribution in [0, 0.1) is 40.9 Å². The molecular formula is C85H72N16O6S2. The second kappa shape index (κ2) is 31.5. The van der Waals surface area contributed by atoms with Crippen molar-refractivity contribution in [3.63, 3.8) is 0 Å². The second-order valence-corrected chi connectivity index (χ2v) is 28.3. The lowest BCUT2D eigenvalue weighted by molar-refractivity contribution is 0.148. The molecule has 0 amide bonds. The summed E-state index contributed by atoms with van der Waals surface area (Å²) < 4.78 is 41.2. The first-order chi connectivity index (χ1) is 53.2. The Morgan fingerprint density at radius 2 is 0.844 bits per heavy atom. The molecule has 1 saturated heterocycles. The molecule has 540 valence electrons. The third-order valence-corrected chi connectivity index (χ3v) is 20.8. The molecule has 1 fully saturated rings. The highest BCUT2D eigenvalue weighted by atomic mass is 32.1. The molecule has 0 radical (unpaired) electrons. The fourth-order valence-electron chi connectivity index (χ4n) is 13.5. The lowest BCUT2D eigenvalue weighted by Gasteiger charge is -2.32. The summed E-state index contributed by atoms with van der Waals surface area (Å²) in [5.74, 6) is 3.78. The summed E-state index contributed by atoms with van der Waals surface area (Å²) in [4.78, 5) is 28.6. The molecule has 8 aromatic heterocycles. The number of nitrogens with zero attached hydrogens (tertiary/aromatic N) is 16. The molecule has 8 aromatic carbocycles. The summed E-state index contributed by atoms with van der Waals surface area (Å²) >= 11 is 3.18. The van der Waals surface area contributed by atoms with E-state index in [4.69, 9.17) is 54.0 Å². The zero-order chi connectivity index (χ0) is 75.2. The van der Waals surface area contributed by atoms with E-state index in [9.17, 15) is 10.5 Å². The standard InChI is InChI=1S/C32H32N6O2.C30H23N5O2S.C23H17N5O2S/c1-36-11-13-38(14-12-36)20-23-5-4-6-24(15-23)21-40-30-16-26-27(17-29(30)39-3)34-19-28-31(26)32(35-37(28)2)25-9-7-22(18-33)8-10-25;1-18-33-25(17-38-18)22-6-4-5-20(11-22)16-37-28-12-23-24(13-27(28)36-3)32-15-26-29(23)30(34-35(26)2)21-9-7-19(14-31)8-10-21;1-28-19-11-26-18-8-20(29-2)21(30-12-16-10-25-13-31-16)7-17(18)22(19)23(27-28)15-5-3-14(9-24)4-6-15/h4-10,15-17,19H,11-14,20-21H2,1-3H3;4-13,15,17H,16H2,1-3H3;3-8,10-11,13H,12H2,1-2H3. The highest BCUT2D eigenvalue weighted by molar-refractivity contribution is 7.10. The molecule has 16 aromatic rings. The van der Waals surface area contributed by atoms with E-state index in [1.54, 1.807) is 80.0 Å². The lowest BCUT2D eigenvalue weighted by Crippen LogP contribution is -2.43. The quantitative estimate of drug-likeness (QED) is 0.0774. The monoisotopic (exact) mass is 1480 g/mol. The predicted octanol–water partition coefficient (Wildman–Crippen LogP) is 16.4. The van der Waals surface area contributed by atoms with Crippen LogP contribution in [0.5, 0.6) is 34.5 Å². The maximum Gasteiger partial charge on any atom is 0.162 e.